The molecular formula is C21H24FN5O. The van der Waals surface area contributed by atoms with Gasteiger partial charge in [0.25, 0.3) is 5.56 Å². The SMILES string of the molecule is CC(C)c1cc(=O)n(CC2CCN(c3ncnc4ccc(F)cc34)CC2)cn1. The fraction of sp³-hybridized carbons (Fsp3) is 0.429. The molecule has 0 N–H and O–H groups in total. The van der Waals surface area contributed by atoms with Crippen LogP contribution in [-0.4, -0.2) is 32.6 Å². The highest BCUT2D eigenvalue weighted by molar-refractivity contribution is 5.89. The summed E-state index contributed by atoms with van der Waals surface area (Å²) in [6.07, 6.45) is 5.09. The predicted octanol–water partition coefficient (Wildman–Crippen LogP) is 3.37. The Kier molecular flexibility index (Phi) is 5.07. The zero-order chi connectivity index (χ0) is 19.7. The zero-order valence-corrected chi connectivity index (χ0v) is 16.2. The van der Waals surface area contributed by atoms with E-state index in [-0.39, 0.29) is 17.3 Å². The molecule has 146 valence electrons. The van der Waals surface area contributed by atoms with E-state index in [0.29, 0.717) is 12.5 Å². The van der Waals surface area contributed by atoms with Crippen molar-refractivity contribution in [2.45, 2.75) is 39.2 Å². The van der Waals surface area contributed by atoms with E-state index >= 15 is 0 Å². The van der Waals surface area contributed by atoms with Crippen LogP contribution < -0.4 is 10.5 Å². The summed E-state index contributed by atoms with van der Waals surface area (Å²) in [6, 6.07) is 6.24. The molecule has 3 aromatic rings. The van der Waals surface area contributed by atoms with Gasteiger partial charge in [-0.15, -0.1) is 0 Å². The summed E-state index contributed by atoms with van der Waals surface area (Å²) < 4.78 is 15.4. The number of halogens is 1. The van der Waals surface area contributed by atoms with Gasteiger partial charge >= 0.3 is 0 Å². The van der Waals surface area contributed by atoms with Crippen LogP contribution in [0.4, 0.5) is 10.2 Å². The van der Waals surface area contributed by atoms with E-state index in [4.69, 9.17) is 0 Å². The van der Waals surface area contributed by atoms with Gasteiger partial charge in [0.2, 0.25) is 0 Å². The maximum absolute atomic E-state index is 13.7. The number of piperidine rings is 1. The van der Waals surface area contributed by atoms with Crippen molar-refractivity contribution >= 4 is 16.7 Å². The predicted molar refractivity (Wildman–Crippen MR) is 107 cm³/mol. The Labute approximate surface area is 163 Å². The van der Waals surface area contributed by atoms with E-state index in [1.165, 1.54) is 18.5 Å². The highest BCUT2D eigenvalue weighted by atomic mass is 19.1. The molecular weight excluding hydrogens is 357 g/mol. The lowest BCUT2D eigenvalue weighted by Crippen LogP contribution is -2.37. The minimum Gasteiger partial charge on any atom is -0.356 e. The Morgan fingerprint density at radius 3 is 2.64 bits per heavy atom. The Balaban J connectivity index is 1.46. The van der Waals surface area contributed by atoms with Gasteiger partial charge in [0.15, 0.2) is 0 Å². The fourth-order valence-corrected chi connectivity index (χ4v) is 3.77. The van der Waals surface area contributed by atoms with Gasteiger partial charge in [-0.25, -0.2) is 19.3 Å². The van der Waals surface area contributed by atoms with Crippen molar-refractivity contribution in [2.75, 3.05) is 18.0 Å². The van der Waals surface area contributed by atoms with Crippen LogP contribution in [0.15, 0.2) is 41.7 Å². The number of benzene rings is 1. The molecule has 0 saturated carbocycles. The number of rotatable bonds is 4. The minimum atomic E-state index is -0.282. The molecule has 6 nitrogen and oxygen atoms in total. The number of hydrogen-bond acceptors (Lipinski definition) is 5. The molecule has 0 unspecified atom stereocenters. The standard InChI is InChI=1S/C21H24FN5O/c1-14(2)19-10-20(28)27(13-25-19)11-15-5-7-26(8-6-15)21-17-9-16(22)3-4-18(17)23-12-24-21/h3-4,9-10,12-15H,5-8,11H2,1-2H3. The Hall–Kier alpha value is -2.83. The molecule has 0 radical (unpaired) electrons. The minimum absolute atomic E-state index is 0.0124. The van der Waals surface area contributed by atoms with Gasteiger partial charge in [-0.3, -0.25) is 9.36 Å². The molecule has 1 aliphatic heterocycles. The van der Waals surface area contributed by atoms with Crippen molar-refractivity contribution in [3.8, 4) is 0 Å². The first-order chi connectivity index (χ1) is 13.5. The summed E-state index contributed by atoms with van der Waals surface area (Å²) in [4.78, 5) is 27.6. The van der Waals surface area contributed by atoms with Crippen molar-refractivity contribution in [1.29, 1.82) is 0 Å². The van der Waals surface area contributed by atoms with Crippen LogP contribution in [0.2, 0.25) is 0 Å². The third-order valence-corrected chi connectivity index (χ3v) is 5.44. The number of nitrogens with zero attached hydrogens (tertiary/aromatic N) is 5. The number of hydrogen-bond donors (Lipinski definition) is 0. The van der Waals surface area contributed by atoms with Crippen LogP contribution in [-0.2, 0) is 6.54 Å². The van der Waals surface area contributed by atoms with Crippen molar-refractivity contribution in [1.82, 2.24) is 19.5 Å². The van der Waals surface area contributed by atoms with Gasteiger partial charge in [0, 0.05) is 31.1 Å². The first-order valence-corrected chi connectivity index (χ1v) is 9.73. The summed E-state index contributed by atoms with van der Waals surface area (Å²) in [5, 5.41) is 0.741. The lowest BCUT2D eigenvalue weighted by Gasteiger charge is -2.33. The smallest absolute Gasteiger partial charge is 0.253 e. The van der Waals surface area contributed by atoms with Gasteiger partial charge in [0.05, 0.1) is 17.5 Å². The van der Waals surface area contributed by atoms with E-state index in [1.54, 1.807) is 23.0 Å². The van der Waals surface area contributed by atoms with Crippen LogP contribution in [0.1, 0.15) is 38.3 Å². The third kappa shape index (κ3) is 3.74. The topological polar surface area (TPSA) is 63.9 Å². The molecule has 28 heavy (non-hydrogen) atoms. The molecule has 1 fully saturated rings. The summed E-state index contributed by atoms with van der Waals surface area (Å²) in [7, 11) is 0. The summed E-state index contributed by atoms with van der Waals surface area (Å²) in [5.74, 6) is 1.15. The van der Waals surface area contributed by atoms with Crippen LogP contribution >= 0.6 is 0 Å². The van der Waals surface area contributed by atoms with E-state index < -0.39 is 0 Å². The molecule has 0 bridgehead atoms. The van der Waals surface area contributed by atoms with Gasteiger partial charge in [-0.2, -0.15) is 0 Å². The van der Waals surface area contributed by atoms with Crippen molar-refractivity contribution in [3.63, 3.8) is 0 Å². The van der Waals surface area contributed by atoms with Gasteiger partial charge in [-0.05, 0) is 42.9 Å². The van der Waals surface area contributed by atoms with Crippen LogP contribution in [0.3, 0.4) is 0 Å². The van der Waals surface area contributed by atoms with E-state index in [2.05, 4.69) is 19.9 Å². The monoisotopic (exact) mass is 381 g/mol. The highest BCUT2D eigenvalue weighted by Gasteiger charge is 2.22. The Morgan fingerprint density at radius 2 is 1.93 bits per heavy atom. The molecule has 3 heterocycles. The zero-order valence-electron chi connectivity index (χ0n) is 16.2. The van der Waals surface area contributed by atoms with Gasteiger partial charge in [0.1, 0.15) is 18.0 Å². The molecule has 2 aromatic heterocycles. The second-order valence-electron chi connectivity index (χ2n) is 7.75. The number of fused-ring (bicyclic) bond motifs is 1. The molecule has 0 amide bonds. The average Bonchev–Trinajstić information content (AvgIpc) is 2.69. The molecule has 0 aliphatic carbocycles. The third-order valence-electron chi connectivity index (χ3n) is 5.44. The van der Waals surface area contributed by atoms with Crippen molar-refractivity contribution < 1.29 is 4.39 Å². The maximum atomic E-state index is 13.7. The first-order valence-electron chi connectivity index (χ1n) is 9.73. The van der Waals surface area contributed by atoms with E-state index in [1.807, 2.05) is 13.8 Å². The summed E-state index contributed by atoms with van der Waals surface area (Å²) in [6.45, 7) is 6.38. The highest BCUT2D eigenvalue weighted by Crippen LogP contribution is 2.28. The first kappa shape index (κ1) is 18.5. The van der Waals surface area contributed by atoms with E-state index in [0.717, 1.165) is 48.3 Å². The lowest BCUT2D eigenvalue weighted by atomic mass is 9.96. The van der Waals surface area contributed by atoms with Crippen LogP contribution in [0, 0.1) is 11.7 Å². The molecule has 0 spiro atoms. The quantitative estimate of drug-likeness (QED) is 0.693. The molecule has 1 aliphatic rings. The van der Waals surface area contributed by atoms with Crippen molar-refractivity contribution in [3.05, 3.63) is 58.8 Å². The number of anilines is 1. The molecule has 4 rings (SSSR count). The van der Waals surface area contributed by atoms with Crippen LogP contribution in [0.25, 0.3) is 10.9 Å². The Morgan fingerprint density at radius 1 is 1.14 bits per heavy atom. The van der Waals surface area contributed by atoms with E-state index in [9.17, 15) is 9.18 Å². The van der Waals surface area contributed by atoms with Crippen LogP contribution in [0.5, 0.6) is 0 Å². The molecule has 7 heteroatoms. The van der Waals surface area contributed by atoms with Gasteiger partial charge < -0.3 is 4.90 Å². The Bertz CT molecular complexity index is 1040. The second kappa shape index (κ2) is 7.66. The summed E-state index contributed by atoms with van der Waals surface area (Å²) >= 11 is 0. The molecule has 1 saturated heterocycles. The number of aromatic nitrogens is 4. The normalized spacial score (nSPS) is 15.5. The largest absolute Gasteiger partial charge is 0.356 e. The average molecular weight is 381 g/mol. The fourth-order valence-electron chi connectivity index (χ4n) is 3.77. The second-order valence-corrected chi connectivity index (χ2v) is 7.75. The maximum Gasteiger partial charge on any atom is 0.253 e. The molecule has 1 aromatic carbocycles. The lowest BCUT2D eigenvalue weighted by molar-refractivity contribution is 0.350. The van der Waals surface area contributed by atoms with Gasteiger partial charge in [-0.1, -0.05) is 13.8 Å². The van der Waals surface area contributed by atoms with Crippen molar-refractivity contribution in [2.24, 2.45) is 5.92 Å². The summed E-state index contributed by atoms with van der Waals surface area (Å²) in [5.41, 5.74) is 1.59. The molecule has 0 atom stereocenters.